The molecule has 1 aromatic heterocycles. The number of benzene rings is 3. The number of rotatable bonds is 9. The molecule has 0 fully saturated rings. The average Bonchev–Trinajstić information content (AvgIpc) is 2.92. The Hall–Kier alpha value is -4.59. The zero-order chi connectivity index (χ0) is 26.4. The maximum absolute atomic E-state index is 13.4. The minimum absolute atomic E-state index is 0.235. The molecule has 0 bridgehead atoms. The third-order valence-corrected chi connectivity index (χ3v) is 6.08. The maximum Gasteiger partial charge on any atom is 0.277 e. The van der Waals surface area contributed by atoms with Gasteiger partial charge in [-0.2, -0.15) is 0 Å². The Balaban J connectivity index is 1.67. The quantitative estimate of drug-likeness (QED) is 0.343. The molecular weight excluding hydrogens is 468 g/mol. The Kier molecular flexibility index (Phi) is 7.88. The van der Waals surface area contributed by atoms with E-state index in [9.17, 15) is 14.4 Å². The first-order valence-corrected chi connectivity index (χ1v) is 12.3. The summed E-state index contributed by atoms with van der Waals surface area (Å²) in [6.07, 6.45) is 1.35. The third kappa shape index (κ3) is 5.48. The highest BCUT2D eigenvalue weighted by molar-refractivity contribution is 6.13. The van der Waals surface area contributed by atoms with E-state index in [2.05, 4.69) is 29.5 Å². The molecule has 0 atom stereocenters. The second-order valence-electron chi connectivity index (χ2n) is 8.31. The second-order valence-corrected chi connectivity index (χ2v) is 8.31. The van der Waals surface area contributed by atoms with E-state index >= 15 is 0 Å². The summed E-state index contributed by atoms with van der Waals surface area (Å²) < 4.78 is 6.67. The van der Waals surface area contributed by atoms with Crippen LogP contribution in [-0.2, 0) is 0 Å². The lowest BCUT2D eigenvalue weighted by molar-refractivity contribution is 0.0999. The van der Waals surface area contributed by atoms with E-state index in [0.29, 0.717) is 34.4 Å². The Labute approximate surface area is 215 Å². The zero-order valence-corrected chi connectivity index (χ0v) is 21.2. The van der Waals surface area contributed by atoms with Crippen LogP contribution in [-0.4, -0.2) is 36.2 Å². The van der Waals surface area contributed by atoms with Crippen molar-refractivity contribution >= 4 is 34.0 Å². The van der Waals surface area contributed by atoms with Crippen molar-refractivity contribution in [1.82, 2.24) is 4.68 Å². The van der Waals surface area contributed by atoms with Gasteiger partial charge in [0.05, 0.1) is 17.9 Å². The van der Waals surface area contributed by atoms with Gasteiger partial charge in [-0.15, -0.1) is 0 Å². The number of nitrogens with one attached hydrogen (secondary N) is 2. The van der Waals surface area contributed by atoms with Gasteiger partial charge in [0.2, 0.25) is 0 Å². The number of carbonyl (C=O) groups is 2. The van der Waals surface area contributed by atoms with Crippen molar-refractivity contribution in [3.05, 3.63) is 100 Å². The Bertz CT molecular complexity index is 1470. The number of nitrogens with zero attached hydrogens (tertiary/aromatic N) is 2. The van der Waals surface area contributed by atoms with Crippen LogP contribution in [0.1, 0.15) is 41.5 Å². The van der Waals surface area contributed by atoms with E-state index in [1.165, 1.54) is 6.20 Å². The van der Waals surface area contributed by atoms with E-state index in [-0.39, 0.29) is 5.56 Å². The molecule has 37 heavy (non-hydrogen) atoms. The van der Waals surface area contributed by atoms with Gasteiger partial charge in [-0.05, 0) is 63.2 Å². The fraction of sp³-hybridized carbons (Fsp3) is 0.207. The summed E-state index contributed by atoms with van der Waals surface area (Å²) >= 11 is 0. The number of hydrogen-bond acceptors (Lipinski definition) is 5. The standard InChI is InChI=1S/C29H30N4O4/c1-4-32(5-2)21-17-15-20(16-18-21)27(34)31-33-19-24(22-11-7-8-12-23(22)29(33)36)28(35)30-25-13-9-10-14-26(25)37-6-3/h7-19H,4-6H2,1-3H3,(H,30,35)(H,31,34). The van der Waals surface area contributed by atoms with E-state index in [1.54, 1.807) is 54.6 Å². The van der Waals surface area contributed by atoms with Crippen LogP contribution in [0.2, 0.25) is 0 Å². The van der Waals surface area contributed by atoms with E-state index in [0.717, 1.165) is 23.5 Å². The van der Waals surface area contributed by atoms with Crippen LogP contribution in [0.5, 0.6) is 5.75 Å². The van der Waals surface area contributed by atoms with Gasteiger partial charge in [0.1, 0.15) is 5.75 Å². The molecule has 0 radical (unpaired) electrons. The van der Waals surface area contributed by atoms with Crippen molar-refractivity contribution < 1.29 is 14.3 Å². The highest BCUT2D eigenvalue weighted by atomic mass is 16.5. The number of pyridine rings is 1. The van der Waals surface area contributed by atoms with Crippen LogP contribution < -0.4 is 25.9 Å². The maximum atomic E-state index is 13.4. The van der Waals surface area contributed by atoms with Crippen LogP contribution in [0.15, 0.2) is 83.8 Å². The molecule has 0 spiro atoms. The lowest BCUT2D eigenvalue weighted by atomic mass is 10.1. The second kappa shape index (κ2) is 11.4. The third-order valence-electron chi connectivity index (χ3n) is 6.08. The Morgan fingerprint density at radius 3 is 2.16 bits per heavy atom. The highest BCUT2D eigenvalue weighted by Gasteiger charge is 2.18. The number of fused-ring (bicyclic) bond motifs is 1. The Morgan fingerprint density at radius 2 is 1.49 bits per heavy atom. The predicted octanol–water partition coefficient (Wildman–Crippen LogP) is 4.88. The molecule has 0 aliphatic rings. The smallest absolute Gasteiger partial charge is 0.277 e. The first-order chi connectivity index (χ1) is 18.0. The van der Waals surface area contributed by atoms with Crippen molar-refractivity contribution in [1.29, 1.82) is 0 Å². The highest BCUT2D eigenvalue weighted by Crippen LogP contribution is 2.25. The fourth-order valence-corrected chi connectivity index (χ4v) is 4.18. The molecule has 2 amide bonds. The first-order valence-electron chi connectivity index (χ1n) is 12.3. The first kappa shape index (κ1) is 25.5. The molecule has 0 aliphatic carbocycles. The Morgan fingerprint density at radius 1 is 0.838 bits per heavy atom. The van der Waals surface area contributed by atoms with Crippen LogP contribution in [0, 0.1) is 0 Å². The summed E-state index contributed by atoms with van der Waals surface area (Å²) in [6, 6.07) is 21.1. The number of amides is 2. The molecule has 0 aliphatic heterocycles. The molecule has 4 rings (SSSR count). The number of ether oxygens (including phenoxy) is 1. The van der Waals surface area contributed by atoms with Crippen molar-refractivity contribution in [3.63, 3.8) is 0 Å². The number of anilines is 2. The molecule has 3 aromatic carbocycles. The summed E-state index contributed by atoms with van der Waals surface area (Å²) in [5, 5.41) is 3.66. The molecule has 1 heterocycles. The molecule has 0 unspecified atom stereocenters. The molecule has 2 N–H and O–H groups in total. The van der Waals surface area contributed by atoms with Crippen molar-refractivity contribution in [2.75, 3.05) is 35.3 Å². The lowest BCUT2D eigenvalue weighted by Gasteiger charge is -2.21. The summed E-state index contributed by atoms with van der Waals surface area (Å²) in [7, 11) is 0. The number of carbonyl (C=O) groups excluding carboxylic acids is 2. The monoisotopic (exact) mass is 498 g/mol. The van der Waals surface area contributed by atoms with Crippen molar-refractivity contribution in [3.8, 4) is 5.75 Å². The van der Waals surface area contributed by atoms with E-state index in [4.69, 9.17) is 4.74 Å². The summed E-state index contributed by atoms with van der Waals surface area (Å²) in [6.45, 7) is 8.16. The van der Waals surface area contributed by atoms with Gasteiger partial charge in [-0.25, -0.2) is 4.68 Å². The normalized spacial score (nSPS) is 10.7. The molecule has 190 valence electrons. The predicted molar refractivity (Wildman–Crippen MR) is 147 cm³/mol. The molecule has 0 saturated carbocycles. The number of aromatic nitrogens is 1. The van der Waals surface area contributed by atoms with Gasteiger partial charge in [-0.1, -0.05) is 30.3 Å². The van der Waals surface area contributed by atoms with Gasteiger partial charge in [0, 0.05) is 41.3 Å². The summed E-state index contributed by atoms with van der Waals surface area (Å²) in [5.41, 5.74) is 4.35. The fourth-order valence-electron chi connectivity index (χ4n) is 4.18. The molecule has 8 nitrogen and oxygen atoms in total. The van der Waals surface area contributed by atoms with Crippen LogP contribution in [0.25, 0.3) is 10.8 Å². The van der Waals surface area contributed by atoms with Gasteiger partial charge in [0.15, 0.2) is 0 Å². The molecule has 4 aromatic rings. The van der Waals surface area contributed by atoms with Gasteiger partial charge < -0.3 is 15.0 Å². The van der Waals surface area contributed by atoms with Crippen molar-refractivity contribution in [2.45, 2.75) is 20.8 Å². The zero-order valence-electron chi connectivity index (χ0n) is 21.2. The molecule has 0 saturated heterocycles. The number of para-hydroxylation sites is 2. The molecule has 8 heteroatoms. The van der Waals surface area contributed by atoms with Crippen LogP contribution >= 0.6 is 0 Å². The summed E-state index contributed by atoms with van der Waals surface area (Å²) in [5.74, 6) is -0.358. The van der Waals surface area contributed by atoms with E-state index < -0.39 is 17.4 Å². The minimum atomic E-state index is -0.462. The van der Waals surface area contributed by atoms with E-state index in [1.807, 2.05) is 25.1 Å². The minimum Gasteiger partial charge on any atom is -0.492 e. The van der Waals surface area contributed by atoms with Gasteiger partial charge >= 0.3 is 0 Å². The van der Waals surface area contributed by atoms with Gasteiger partial charge in [0.25, 0.3) is 17.4 Å². The van der Waals surface area contributed by atoms with Gasteiger partial charge in [-0.3, -0.25) is 19.8 Å². The van der Waals surface area contributed by atoms with Crippen LogP contribution in [0.3, 0.4) is 0 Å². The SMILES string of the molecule is CCOc1ccccc1NC(=O)c1cn(NC(=O)c2ccc(N(CC)CC)cc2)c(=O)c2ccccc12. The molecular formula is C29H30N4O4. The largest absolute Gasteiger partial charge is 0.492 e. The summed E-state index contributed by atoms with van der Waals surface area (Å²) in [4.78, 5) is 41.7. The average molecular weight is 499 g/mol. The van der Waals surface area contributed by atoms with Crippen LogP contribution in [0.4, 0.5) is 11.4 Å². The topological polar surface area (TPSA) is 92.7 Å². The lowest BCUT2D eigenvalue weighted by Crippen LogP contribution is -2.34. The van der Waals surface area contributed by atoms with Crippen molar-refractivity contribution in [2.24, 2.45) is 0 Å². The number of hydrogen-bond donors (Lipinski definition) is 2.